The molecule has 0 amide bonds. The molecule has 3 heteroatoms. The quantitative estimate of drug-likeness (QED) is 0.119. The molecule has 5 aromatic carbocycles. The number of hydrogen-bond acceptors (Lipinski definition) is 3. The standard InChI is InChI=1S/C14H14.C12H14.C10H10S2.C10H12.C8H10.C6H8S.C5H10.C4H8.C4H6/c1-11-3-7-13(8-4-11)14-9-5-12(2)6-10-14;1-3-5-11-7-9-12(6-4-2)10-8-11;1-7-3-5-9(11-7)10-6-4-8(2)12-10;1-3-4-10-7-5-9(2)6-8-10;1-7-3-5-8(2)6-4-7;1-5-3-4-6(2)7-5;1-4-5(2)3;2*1-3-4-2/h3-10H,1-2H3;3-10H,1-2H3;3-6H,1-2H3;3-8H,1-2H3;3-6H,1-2H3;3-4H,1-2H3;4H,1-3H3;3-4H,1-2H3;1-2H3. The Morgan fingerprint density at radius 1 is 0.303 bits per heavy atom. The summed E-state index contributed by atoms with van der Waals surface area (Å²) in [4.78, 5) is 8.36. The predicted octanol–water partition coefficient (Wildman–Crippen LogP) is 24.1. The largest absolute Gasteiger partial charge is 0.146 e. The molecule has 0 atom stereocenters. The van der Waals surface area contributed by atoms with Crippen molar-refractivity contribution in [3.63, 3.8) is 0 Å². The molecular formula is C73H92S3. The van der Waals surface area contributed by atoms with Gasteiger partial charge in [-0.25, -0.2) is 0 Å². The molecule has 0 fully saturated rings. The van der Waals surface area contributed by atoms with Crippen molar-refractivity contribution in [1.29, 1.82) is 0 Å². The van der Waals surface area contributed by atoms with Crippen LogP contribution in [-0.2, 0) is 0 Å². The minimum atomic E-state index is 1.26. The third-order valence-corrected chi connectivity index (χ3v) is 13.6. The fraction of sp³-hybridized carbons (Fsp3) is 0.260. The van der Waals surface area contributed by atoms with Gasteiger partial charge in [-0.3, -0.25) is 0 Å². The first kappa shape index (κ1) is 69.5. The second kappa shape index (κ2) is 43.7. The van der Waals surface area contributed by atoms with Gasteiger partial charge in [0.15, 0.2) is 0 Å². The molecule has 0 bridgehead atoms. The van der Waals surface area contributed by atoms with Crippen LogP contribution in [0.2, 0.25) is 0 Å². The molecule has 0 saturated carbocycles. The van der Waals surface area contributed by atoms with Crippen LogP contribution in [-0.4, -0.2) is 0 Å². The molecule has 0 saturated heterocycles. The number of rotatable bonds is 5. The topological polar surface area (TPSA) is 0 Å². The molecule has 8 aromatic rings. The van der Waals surface area contributed by atoms with Crippen LogP contribution in [0, 0.1) is 74.2 Å². The van der Waals surface area contributed by atoms with Gasteiger partial charge in [0.2, 0.25) is 0 Å². The molecular weight excluding hydrogens is 973 g/mol. The van der Waals surface area contributed by atoms with Crippen molar-refractivity contribution in [1.82, 2.24) is 0 Å². The maximum atomic E-state index is 2.68. The SMILES string of the molecule is CC#CC.CC=C(C)C.CC=CC.CC=Cc1ccc(C)cc1.CC=Cc1ccc(C=CC)cc1.Cc1ccc(-c2ccc(C)cc2)cc1.Cc1ccc(-c2ccc(C)s2)s1.Cc1ccc(C)cc1.Cc1ccc(C)s1. The molecule has 8 rings (SSSR count). The average Bonchev–Trinajstić information content (AvgIpc) is 4.18. The number of hydrogen-bond donors (Lipinski definition) is 0. The van der Waals surface area contributed by atoms with Gasteiger partial charge in [-0.2, -0.15) is 0 Å². The van der Waals surface area contributed by atoms with Crippen LogP contribution in [0.1, 0.15) is 133 Å². The number of benzene rings is 5. The van der Waals surface area contributed by atoms with Crippen molar-refractivity contribution in [2.24, 2.45) is 0 Å². The zero-order valence-corrected chi connectivity index (χ0v) is 52.4. The maximum absolute atomic E-state index is 2.68. The minimum Gasteiger partial charge on any atom is -0.146 e. The Morgan fingerprint density at radius 2 is 0.526 bits per heavy atom. The van der Waals surface area contributed by atoms with Gasteiger partial charge in [-0.15, -0.1) is 45.9 Å². The van der Waals surface area contributed by atoms with E-state index in [-0.39, 0.29) is 0 Å². The van der Waals surface area contributed by atoms with Crippen molar-refractivity contribution >= 4 is 52.2 Å². The molecule has 0 aliphatic rings. The van der Waals surface area contributed by atoms with Crippen LogP contribution in [0.4, 0.5) is 0 Å². The molecule has 402 valence electrons. The molecule has 0 N–H and O–H groups in total. The Labute approximate surface area is 477 Å². The number of allylic oxidation sites excluding steroid dienone is 7. The molecule has 76 heavy (non-hydrogen) atoms. The van der Waals surface area contributed by atoms with Crippen LogP contribution in [0.25, 0.3) is 39.1 Å². The summed E-state index contributed by atoms with van der Waals surface area (Å²) in [6, 6.07) is 55.7. The second-order valence-electron chi connectivity index (χ2n) is 18.0. The fourth-order valence-corrected chi connectivity index (χ4v) is 8.40. The lowest BCUT2D eigenvalue weighted by atomic mass is 10.0. The zero-order valence-electron chi connectivity index (χ0n) is 49.9. The van der Waals surface area contributed by atoms with E-state index in [0.717, 1.165) is 0 Å². The normalized spacial score (nSPS) is 9.72. The average molecular weight is 1070 g/mol. The third-order valence-electron chi connectivity index (χ3n) is 10.5. The fourth-order valence-electron chi connectivity index (χ4n) is 5.79. The van der Waals surface area contributed by atoms with Gasteiger partial charge in [0.25, 0.3) is 0 Å². The van der Waals surface area contributed by atoms with Gasteiger partial charge in [-0.1, -0.05) is 209 Å². The van der Waals surface area contributed by atoms with E-state index in [9.17, 15) is 0 Å². The number of thiophene rings is 3. The van der Waals surface area contributed by atoms with Crippen molar-refractivity contribution < 1.29 is 0 Å². The van der Waals surface area contributed by atoms with E-state index in [4.69, 9.17) is 0 Å². The molecule has 0 unspecified atom stereocenters. The molecule has 0 radical (unpaired) electrons. The summed E-state index contributed by atoms with van der Waals surface area (Å²) in [6.45, 7) is 39.0. The van der Waals surface area contributed by atoms with Gasteiger partial charge in [0, 0.05) is 29.3 Å². The van der Waals surface area contributed by atoms with E-state index in [0.29, 0.717) is 0 Å². The lowest BCUT2D eigenvalue weighted by molar-refractivity contribution is 1.36. The van der Waals surface area contributed by atoms with E-state index < -0.39 is 0 Å². The Hall–Kier alpha value is -6.54. The Balaban J connectivity index is 0.000000857. The smallest absolute Gasteiger partial charge is 0.0445 e. The summed E-state index contributed by atoms with van der Waals surface area (Å²) in [5.41, 5.74) is 14.3. The summed E-state index contributed by atoms with van der Waals surface area (Å²) in [7, 11) is 0. The van der Waals surface area contributed by atoms with Crippen molar-refractivity contribution in [2.45, 2.75) is 132 Å². The molecule has 3 aromatic heterocycles. The van der Waals surface area contributed by atoms with Gasteiger partial charge in [0.05, 0.1) is 0 Å². The second-order valence-corrected chi connectivity index (χ2v) is 22.0. The highest BCUT2D eigenvalue weighted by atomic mass is 32.1. The predicted molar refractivity (Wildman–Crippen MR) is 355 cm³/mol. The van der Waals surface area contributed by atoms with E-state index in [1.165, 1.54) is 90.5 Å². The highest BCUT2D eigenvalue weighted by molar-refractivity contribution is 7.22. The lowest BCUT2D eigenvalue weighted by Gasteiger charge is -2.02. The van der Waals surface area contributed by atoms with Crippen LogP contribution in [0.15, 0.2) is 200 Å². The molecule has 0 spiro atoms. The monoisotopic (exact) mass is 1060 g/mol. The van der Waals surface area contributed by atoms with Crippen molar-refractivity contribution in [3.05, 3.63) is 264 Å². The van der Waals surface area contributed by atoms with Crippen molar-refractivity contribution in [2.75, 3.05) is 0 Å². The van der Waals surface area contributed by atoms with Crippen LogP contribution in [0.5, 0.6) is 0 Å². The summed E-state index contributed by atoms with van der Waals surface area (Å²) in [6.07, 6.45) is 18.5. The van der Waals surface area contributed by atoms with E-state index in [1.54, 1.807) is 0 Å². The zero-order chi connectivity index (χ0) is 57.1. The summed E-state index contributed by atoms with van der Waals surface area (Å²) >= 11 is 5.57. The van der Waals surface area contributed by atoms with Crippen molar-refractivity contribution in [3.8, 4) is 32.7 Å². The third kappa shape index (κ3) is 35.6. The van der Waals surface area contributed by atoms with Gasteiger partial charge in [-0.05, 0) is 196 Å². The molecule has 0 aliphatic carbocycles. The van der Waals surface area contributed by atoms with Crippen LogP contribution < -0.4 is 0 Å². The highest BCUT2D eigenvalue weighted by Crippen LogP contribution is 2.32. The van der Waals surface area contributed by atoms with E-state index >= 15 is 0 Å². The van der Waals surface area contributed by atoms with E-state index in [1.807, 2.05) is 120 Å². The summed E-state index contributed by atoms with van der Waals surface area (Å²) < 4.78 is 0. The first-order chi connectivity index (χ1) is 36.4. The summed E-state index contributed by atoms with van der Waals surface area (Å²) in [5, 5.41) is 0. The van der Waals surface area contributed by atoms with Crippen LogP contribution in [0.3, 0.4) is 0 Å². The van der Waals surface area contributed by atoms with E-state index in [2.05, 4.69) is 270 Å². The lowest BCUT2D eigenvalue weighted by Crippen LogP contribution is -1.78. The Kier molecular flexibility index (Phi) is 39.9. The minimum absolute atomic E-state index is 1.26. The molecule has 0 aliphatic heterocycles. The Bertz CT molecular complexity index is 2720. The maximum Gasteiger partial charge on any atom is 0.0445 e. The number of aryl methyl sites for hydroxylation is 9. The summed E-state index contributed by atoms with van der Waals surface area (Å²) in [5.74, 6) is 5.36. The van der Waals surface area contributed by atoms with Gasteiger partial charge < -0.3 is 0 Å². The Morgan fingerprint density at radius 3 is 0.711 bits per heavy atom. The highest BCUT2D eigenvalue weighted by Gasteiger charge is 2.02. The molecule has 0 nitrogen and oxygen atoms in total. The molecule has 3 heterocycles. The van der Waals surface area contributed by atoms with Crippen LogP contribution >= 0.6 is 34.0 Å². The van der Waals surface area contributed by atoms with Gasteiger partial charge >= 0.3 is 0 Å². The first-order valence-electron chi connectivity index (χ1n) is 26.3. The first-order valence-corrected chi connectivity index (χ1v) is 28.7. The van der Waals surface area contributed by atoms with Gasteiger partial charge in [0.1, 0.15) is 0 Å².